The van der Waals surface area contributed by atoms with Gasteiger partial charge in [-0.3, -0.25) is 4.99 Å². The quantitative estimate of drug-likeness (QED) is 0.766. The Labute approximate surface area is 115 Å². The van der Waals surface area contributed by atoms with Crippen molar-refractivity contribution in [2.45, 2.75) is 0 Å². The maximum atomic E-state index is 4.50. The van der Waals surface area contributed by atoms with Crippen molar-refractivity contribution in [1.29, 1.82) is 0 Å². The number of nitrogens with zero attached hydrogens (tertiary/aromatic N) is 4. The molecule has 0 fully saturated rings. The van der Waals surface area contributed by atoms with Gasteiger partial charge in [0.1, 0.15) is 11.4 Å². The summed E-state index contributed by atoms with van der Waals surface area (Å²) in [6, 6.07) is 16.1. The van der Waals surface area contributed by atoms with Gasteiger partial charge in [-0.1, -0.05) is 29.5 Å². The number of amidine groups is 1. The molecule has 0 atom stereocenters. The second kappa shape index (κ2) is 4.45. The van der Waals surface area contributed by atoms with Crippen LogP contribution in [0.15, 0.2) is 53.5 Å². The molecule has 3 aromatic rings. The van der Waals surface area contributed by atoms with Gasteiger partial charge in [0.05, 0.1) is 17.7 Å². The van der Waals surface area contributed by atoms with E-state index in [1.54, 1.807) is 0 Å². The van der Waals surface area contributed by atoms with E-state index in [0.717, 1.165) is 41.2 Å². The van der Waals surface area contributed by atoms with Crippen molar-refractivity contribution >= 4 is 16.9 Å². The van der Waals surface area contributed by atoms with Crippen molar-refractivity contribution in [3.8, 4) is 5.69 Å². The number of nitrogens with one attached hydrogen (secondary N) is 1. The minimum atomic E-state index is 0.821. The summed E-state index contributed by atoms with van der Waals surface area (Å²) in [5.41, 5.74) is 3.94. The number of hydrogen-bond donors (Lipinski definition) is 1. The van der Waals surface area contributed by atoms with E-state index in [4.69, 9.17) is 0 Å². The van der Waals surface area contributed by atoms with Crippen molar-refractivity contribution in [2.75, 3.05) is 13.1 Å². The molecule has 0 saturated carbocycles. The van der Waals surface area contributed by atoms with Crippen LogP contribution in [0.5, 0.6) is 0 Å². The molecule has 0 bridgehead atoms. The molecule has 1 N–H and O–H groups in total. The molecule has 2 heterocycles. The maximum Gasteiger partial charge on any atom is 0.130 e. The third-order valence-corrected chi connectivity index (χ3v) is 3.41. The molecule has 5 nitrogen and oxygen atoms in total. The SMILES string of the molecule is c1ccc(-n2nnc3ccccc32)c(C2=NCCN2)c1. The number of rotatable bonds is 2. The molecule has 0 saturated heterocycles. The molecule has 1 aliphatic rings. The Morgan fingerprint density at radius 3 is 2.75 bits per heavy atom. The Morgan fingerprint density at radius 1 is 1.00 bits per heavy atom. The normalized spacial score (nSPS) is 14.3. The van der Waals surface area contributed by atoms with Gasteiger partial charge in [0.2, 0.25) is 0 Å². The van der Waals surface area contributed by atoms with Crippen molar-refractivity contribution in [3.05, 3.63) is 54.1 Å². The molecule has 0 aliphatic carbocycles. The second-order valence-corrected chi connectivity index (χ2v) is 4.66. The summed E-state index contributed by atoms with van der Waals surface area (Å²) in [4.78, 5) is 4.50. The zero-order valence-corrected chi connectivity index (χ0v) is 10.8. The molecule has 98 valence electrons. The van der Waals surface area contributed by atoms with Gasteiger partial charge in [-0.05, 0) is 24.3 Å². The number of benzene rings is 2. The van der Waals surface area contributed by atoms with Gasteiger partial charge in [-0.25, -0.2) is 4.68 Å². The van der Waals surface area contributed by atoms with Crippen molar-refractivity contribution in [1.82, 2.24) is 20.3 Å². The van der Waals surface area contributed by atoms with Crippen LogP contribution >= 0.6 is 0 Å². The standard InChI is InChI=1S/C15H13N5/c1-3-7-13(11(5-1)15-16-9-10-17-15)20-14-8-4-2-6-12(14)18-19-20/h1-8H,9-10H2,(H,16,17). The first-order valence-electron chi connectivity index (χ1n) is 6.62. The zero-order valence-electron chi connectivity index (χ0n) is 10.8. The lowest BCUT2D eigenvalue weighted by molar-refractivity contribution is 0.822. The van der Waals surface area contributed by atoms with Crippen LogP contribution in [0.1, 0.15) is 5.56 Å². The van der Waals surface area contributed by atoms with Gasteiger partial charge in [0.25, 0.3) is 0 Å². The predicted molar refractivity (Wildman–Crippen MR) is 78.3 cm³/mol. The van der Waals surface area contributed by atoms with Gasteiger partial charge in [0, 0.05) is 12.1 Å². The van der Waals surface area contributed by atoms with Crippen LogP contribution in [0, 0.1) is 0 Å². The summed E-state index contributed by atoms with van der Waals surface area (Å²) >= 11 is 0. The lowest BCUT2D eigenvalue weighted by Gasteiger charge is -2.10. The Kier molecular flexibility index (Phi) is 2.48. The fourth-order valence-electron chi connectivity index (χ4n) is 2.48. The summed E-state index contributed by atoms with van der Waals surface area (Å²) < 4.78 is 1.87. The lowest BCUT2D eigenvalue weighted by Crippen LogP contribution is -2.21. The maximum absolute atomic E-state index is 4.50. The summed E-state index contributed by atoms with van der Waals surface area (Å²) in [5, 5.41) is 11.8. The summed E-state index contributed by atoms with van der Waals surface area (Å²) in [7, 11) is 0. The predicted octanol–water partition coefficient (Wildman–Crippen LogP) is 1.77. The topological polar surface area (TPSA) is 55.1 Å². The fraction of sp³-hybridized carbons (Fsp3) is 0.133. The van der Waals surface area contributed by atoms with Crippen molar-refractivity contribution < 1.29 is 0 Å². The largest absolute Gasteiger partial charge is 0.368 e. The summed E-state index contributed by atoms with van der Waals surface area (Å²) in [6.45, 7) is 1.71. The highest BCUT2D eigenvalue weighted by Gasteiger charge is 2.15. The van der Waals surface area contributed by atoms with E-state index < -0.39 is 0 Å². The number of aromatic nitrogens is 3. The molecular weight excluding hydrogens is 250 g/mol. The van der Waals surface area contributed by atoms with Crippen LogP contribution in [-0.2, 0) is 0 Å². The number of para-hydroxylation sites is 2. The Bertz CT molecular complexity index is 803. The van der Waals surface area contributed by atoms with Gasteiger partial charge in [-0.2, -0.15) is 0 Å². The number of aliphatic imine (C=N–C) groups is 1. The number of fused-ring (bicyclic) bond motifs is 1. The van der Waals surface area contributed by atoms with Crippen molar-refractivity contribution in [3.63, 3.8) is 0 Å². The smallest absolute Gasteiger partial charge is 0.130 e. The van der Waals surface area contributed by atoms with Gasteiger partial charge >= 0.3 is 0 Å². The molecule has 2 aromatic carbocycles. The third kappa shape index (κ3) is 1.67. The van der Waals surface area contributed by atoms with E-state index in [1.165, 1.54) is 0 Å². The van der Waals surface area contributed by atoms with Gasteiger partial charge in [-0.15, -0.1) is 5.10 Å². The minimum Gasteiger partial charge on any atom is -0.368 e. The highest BCUT2D eigenvalue weighted by atomic mass is 15.4. The highest BCUT2D eigenvalue weighted by molar-refractivity contribution is 6.03. The van der Waals surface area contributed by atoms with Gasteiger partial charge < -0.3 is 5.32 Å². The Hall–Kier alpha value is -2.69. The monoisotopic (exact) mass is 263 g/mol. The van der Waals surface area contributed by atoms with Crippen LogP contribution in [-0.4, -0.2) is 33.9 Å². The van der Waals surface area contributed by atoms with Crippen LogP contribution < -0.4 is 5.32 Å². The Balaban J connectivity index is 1.94. The molecule has 1 aliphatic heterocycles. The van der Waals surface area contributed by atoms with E-state index in [1.807, 2.05) is 47.1 Å². The number of hydrogen-bond acceptors (Lipinski definition) is 4. The second-order valence-electron chi connectivity index (χ2n) is 4.66. The summed E-state index contributed by atoms with van der Waals surface area (Å²) in [6.07, 6.45) is 0. The van der Waals surface area contributed by atoms with Gasteiger partial charge in [0.15, 0.2) is 0 Å². The van der Waals surface area contributed by atoms with Crippen LogP contribution in [0.2, 0.25) is 0 Å². The fourth-order valence-corrected chi connectivity index (χ4v) is 2.48. The third-order valence-electron chi connectivity index (χ3n) is 3.41. The molecular formula is C15H13N5. The zero-order chi connectivity index (χ0) is 13.4. The van der Waals surface area contributed by atoms with Crippen LogP contribution in [0.4, 0.5) is 0 Å². The first kappa shape index (κ1) is 11.2. The summed E-state index contributed by atoms with van der Waals surface area (Å²) in [5.74, 6) is 0.931. The molecule has 1 aromatic heterocycles. The van der Waals surface area contributed by atoms with Crippen molar-refractivity contribution in [2.24, 2.45) is 4.99 Å². The molecule has 0 amide bonds. The molecule has 20 heavy (non-hydrogen) atoms. The average Bonchev–Trinajstić information content (AvgIpc) is 3.17. The molecule has 0 unspecified atom stereocenters. The first-order chi connectivity index (χ1) is 9.93. The van der Waals surface area contributed by atoms with Crippen LogP contribution in [0.3, 0.4) is 0 Å². The lowest BCUT2D eigenvalue weighted by atomic mass is 10.1. The molecule has 0 spiro atoms. The molecule has 0 radical (unpaired) electrons. The average molecular weight is 263 g/mol. The first-order valence-corrected chi connectivity index (χ1v) is 6.62. The molecule has 4 rings (SSSR count). The van der Waals surface area contributed by atoms with E-state index in [0.29, 0.717) is 0 Å². The minimum absolute atomic E-state index is 0.821. The Morgan fingerprint density at radius 2 is 1.85 bits per heavy atom. The highest BCUT2D eigenvalue weighted by Crippen LogP contribution is 2.20. The van der Waals surface area contributed by atoms with E-state index >= 15 is 0 Å². The van der Waals surface area contributed by atoms with Crippen LogP contribution in [0.25, 0.3) is 16.7 Å². The van der Waals surface area contributed by atoms with E-state index in [9.17, 15) is 0 Å². The van der Waals surface area contributed by atoms with E-state index in [-0.39, 0.29) is 0 Å². The van der Waals surface area contributed by atoms with E-state index in [2.05, 4.69) is 26.7 Å². The molecule has 5 heteroatoms.